The molecule has 2 aliphatic rings. The first-order valence-corrected chi connectivity index (χ1v) is 3.69. The molecule has 0 N–H and O–H groups in total. The van der Waals surface area contributed by atoms with Gasteiger partial charge in [-0.1, -0.05) is 18.2 Å². The van der Waals surface area contributed by atoms with E-state index in [4.69, 9.17) is 11.6 Å². The zero-order valence-corrected chi connectivity index (χ0v) is 6.14. The molecule has 2 atom stereocenters. The maximum atomic E-state index is 11.1. The lowest BCUT2D eigenvalue weighted by atomic mass is 10.2. The average Bonchev–Trinajstić information content (AvgIpc) is 2.55. The monoisotopic (exact) mass is 154 g/mol. The third-order valence-electron chi connectivity index (χ3n) is 2.06. The Labute approximate surface area is 64.4 Å². The lowest BCUT2D eigenvalue weighted by Crippen LogP contribution is -2.14. The van der Waals surface area contributed by atoms with Gasteiger partial charge in [0.1, 0.15) is 4.87 Å². The van der Waals surface area contributed by atoms with Gasteiger partial charge in [-0.25, -0.2) is 0 Å². The highest BCUT2D eigenvalue weighted by atomic mass is 35.5. The number of alkyl halides is 1. The van der Waals surface area contributed by atoms with Crippen LogP contribution in [0, 0.1) is 5.92 Å². The van der Waals surface area contributed by atoms with Gasteiger partial charge in [0, 0.05) is 5.92 Å². The molecule has 0 aromatic carbocycles. The topological polar surface area (TPSA) is 17.1 Å². The number of allylic oxidation sites excluding steroid dienone is 4. The molecule has 2 unspecified atom stereocenters. The first-order chi connectivity index (χ1) is 4.73. The molecule has 0 aromatic heterocycles. The highest BCUT2D eigenvalue weighted by Crippen LogP contribution is 2.52. The summed E-state index contributed by atoms with van der Waals surface area (Å²) in [6.07, 6.45) is 8.00. The van der Waals surface area contributed by atoms with Crippen LogP contribution in [0.15, 0.2) is 24.3 Å². The predicted molar refractivity (Wildman–Crippen MR) is 40.0 cm³/mol. The zero-order chi connectivity index (χ0) is 7.19. The van der Waals surface area contributed by atoms with Crippen LogP contribution in [-0.2, 0) is 4.79 Å². The molecule has 1 saturated carbocycles. The molecule has 1 nitrogen and oxygen atoms in total. The van der Waals surface area contributed by atoms with Crippen molar-refractivity contribution in [1.29, 1.82) is 0 Å². The zero-order valence-electron chi connectivity index (χ0n) is 5.38. The van der Waals surface area contributed by atoms with E-state index in [2.05, 4.69) is 0 Å². The van der Waals surface area contributed by atoms with Gasteiger partial charge in [-0.3, -0.25) is 4.79 Å². The second kappa shape index (κ2) is 1.73. The summed E-state index contributed by atoms with van der Waals surface area (Å²) < 4.78 is 0. The van der Waals surface area contributed by atoms with E-state index >= 15 is 0 Å². The lowest BCUT2D eigenvalue weighted by Gasteiger charge is -1.98. The number of carbonyl (C=O) groups is 1. The number of halogens is 1. The van der Waals surface area contributed by atoms with E-state index in [-0.39, 0.29) is 11.7 Å². The standard InChI is InChI=1S/C8H7ClO/c9-8-5-6(8)3-1-2-4-7(8)10/h1-4,6H,5H2. The molecule has 0 spiro atoms. The van der Waals surface area contributed by atoms with Crippen molar-refractivity contribution < 1.29 is 4.79 Å². The third-order valence-corrected chi connectivity index (χ3v) is 2.68. The minimum atomic E-state index is -0.552. The summed E-state index contributed by atoms with van der Waals surface area (Å²) in [4.78, 5) is 10.6. The Hall–Kier alpha value is -0.560. The number of ketones is 1. The molecule has 0 heterocycles. The number of hydrogen-bond acceptors (Lipinski definition) is 1. The molecule has 2 aliphatic carbocycles. The molecule has 0 aliphatic heterocycles. The molecular weight excluding hydrogens is 148 g/mol. The highest BCUT2D eigenvalue weighted by Gasteiger charge is 2.56. The van der Waals surface area contributed by atoms with Crippen molar-refractivity contribution in [1.82, 2.24) is 0 Å². The maximum absolute atomic E-state index is 11.1. The fraction of sp³-hybridized carbons (Fsp3) is 0.375. The minimum Gasteiger partial charge on any atom is -0.293 e. The number of hydrogen-bond donors (Lipinski definition) is 0. The van der Waals surface area contributed by atoms with Gasteiger partial charge in [-0.2, -0.15) is 0 Å². The van der Waals surface area contributed by atoms with E-state index in [9.17, 15) is 4.79 Å². The Bertz CT molecular complexity index is 242. The molecular formula is C8H7ClO. The van der Waals surface area contributed by atoms with E-state index in [0.717, 1.165) is 6.42 Å². The SMILES string of the molecule is O=C1C=CC=CC2CC12Cl. The van der Waals surface area contributed by atoms with Crippen molar-refractivity contribution >= 4 is 17.4 Å². The van der Waals surface area contributed by atoms with Crippen LogP contribution in [0.2, 0.25) is 0 Å². The number of fused-ring (bicyclic) bond motifs is 1. The summed E-state index contributed by atoms with van der Waals surface area (Å²) in [5, 5.41) is 0. The summed E-state index contributed by atoms with van der Waals surface area (Å²) in [6.45, 7) is 0. The summed E-state index contributed by atoms with van der Waals surface area (Å²) in [5.41, 5.74) is 0. The molecule has 0 radical (unpaired) electrons. The molecule has 0 saturated heterocycles. The maximum Gasteiger partial charge on any atom is 0.177 e. The van der Waals surface area contributed by atoms with Crippen molar-refractivity contribution in [2.45, 2.75) is 11.3 Å². The molecule has 0 amide bonds. The van der Waals surface area contributed by atoms with Crippen molar-refractivity contribution in [3.8, 4) is 0 Å². The second-order valence-corrected chi connectivity index (χ2v) is 3.46. The smallest absolute Gasteiger partial charge is 0.177 e. The summed E-state index contributed by atoms with van der Waals surface area (Å²) >= 11 is 5.95. The summed E-state index contributed by atoms with van der Waals surface area (Å²) in [5.74, 6) is 0.348. The summed E-state index contributed by atoms with van der Waals surface area (Å²) in [7, 11) is 0. The van der Waals surface area contributed by atoms with E-state index in [0.29, 0.717) is 0 Å². The molecule has 52 valence electrons. The van der Waals surface area contributed by atoms with E-state index < -0.39 is 4.87 Å². The van der Waals surface area contributed by atoms with Crippen LogP contribution in [-0.4, -0.2) is 10.7 Å². The Kier molecular flexibility index (Phi) is 1.07. The predicted octanol–water partition coefficient (Wildman–Crippen LogP) is 1.68. The van der Waals surface area contributed by atoms with E-state index in [1.807, 2.05) is 12.2 Å². The van der Waals surface area contributed by atoms with Gasteiger partial charge in [-0.15, -0.1) is 11.6 Å². The normalized spacial score (nSPS) is 42.9. The third kappa shape index (κ3) is 0.671. The molecule has 10 heavy (non-hydrogen) atoms. The first kappa shape index (κ1) is 6.17. The fourth-order valence-electron chi connectivity index (χ4n) is 1.24. The van der Waals surface area contributed by atoms with Gasteiger partial charge in [0.25, 0.3) is 0 Å². The van der Waals surface area contributed by atoms with Gasteiger partial charge in [0.15, 0.2) is 5.78 Å². The molecule has 0 bridgehead atoms. The fourth-order valence-corrected chi connectivity index (χ4v) is 1.55. The van der Waals surface area contributed by atoms with Crippen LogP contribution in [0.1, 0.15) is 6.42 Å². The number of rotatable bonds is 0. The first-order valence-electron chi connectivity index (χ1n) is 3.32. The van der Waals surface area contributed by atoms with Crippen molar-refractivity contribution in [2.75, 3.05) is 0 Å². The molecule has 2 heteroatoms. The Balaban J connectivity index is 2.35. The number of carbonyl (C=O) groups excluding carboxylic acids is 1. The Morgan fingerprint density at radius 1 is 1.60 bits per heavy atom. The van der Waals surface area contributed by atoms with E-state index in [1.165, 1.54) is 0 Å². The Morgan fingerprint density at radius 2 is 2.40 bits per heavy atom. The van der Waals surface area contributed by atoms with Crippen LogP contribution in [0.4, 0.5) is 0 Å². The van der Waals surface area contributed by atoms with Crippen LogP contribution in [0.3, 0.4) is 0 Å². The van der Waals surface area contributed by atoms with Gasteiger partial charge in [0.05, 0.1) is 0 Å². The second-order valence-electron chi connectivity index (χ2n) is 2.78. The van der Waals surface area contributed by atoms with Gasteiger partial charge in [-0.05, 0) is 12.5 Å². The average molecular weight is 155 g/mol. The quantitative estimate of drug-likeness (QED) is 0.486. The van der Waals surface area contributed by atoms with E-state index in [1.54, 1.807) is 12.2 Å². The highest BCUT2D eigenvalue weighted by molar-refractivity contribution is 6.40. The van der Waals surface area contributed by atoms with Gasteiger partial charge < -0.3 is 0 Å². The van der Waals surface area contributed by atoms with Crippen molar-refractivity contribution in [3.05, 3.63) is 24.3 Å². The van der Waals surface area contributed by atoms with Gasteiger partial charge in [0.2, 0.25) is 0 Å². The minimum absolute atomic E-state index is 0.0594. The van der Waals surface area contributed by atoms with Crippen molar-refractivity contribution in [3.63, 3.8) is 0 Å². The van der Waals surface area contributed by atoms with Crippen LogP contribution in [0.25, 0.3) is 0 Å². The molecule has 0 aromatic rings. The molecule has 2 rings (SSSR count). The molecule has 1 fully saturated rings. The van der Waals surface area contributed by atoms with Crippen LogP contribution >= 0.6 is 11.6 Å². The Morgan fingerprint density at radius 3 is 3.20 bits per heavy atom. The van der Waals surface area contributed by atoms with Crippen molar-refractivity contribution in [2.24, 2.45) is 5.92 Å². The van der Waals surface area contributed by atoms with Crippen LogP contribution < -0.4 is 0 Å². The van der Waals surface area contributed by atoms with Crippen LogP contribution in [0.5, 0.6) is 0 Å². The largest absolute Gasteiger partial charge is 0.293 e. The lowest BCUT2D eigenvalue weighted by molar-refractivity contribution is -0.115. The summed E-state index contributed by atoms with van der Waals surface area (Å²) in [6, 6.07) is 0. The van der Waals surface area contributed by atoms with Gasteiger partial charge >= 0.3 is 0 Å².